The first-order chi connectivity index (χ1) is 10.4. The minimum atomic E-state index is -0.307. The van der Waals surface area contributed by atoms with Gasteiger partial charge in [0.1, 0.15) is 5.82 Å². The van der Waals surface area contributed by atoms with E-state index >= 15 is 0 Å². The van der Waals surface area contributed by atoms with Gasteiger partial charge in [-0.3, -0.25) is 4.79 Å². The Kier molecular flexibility index (Phi) is 3.79. The van der Waals surface area contributed by atoms with Crippen LogP contribution in [0.25, 0.3) is 5.70 Å². The Bertz CT molecular complexity index is 753. The maximum atomic E-state index is 13.6. The summed E-state index contributed by atoms with van der Waals surface area (Å²) in [5.74, 6) is -0.403. The lowest BCUT2D eigenvalue weighted by atomic mass is 10.1. The molecular weight excluding hydrogens is 297 g/mol. The van der Waals surface area contributed by atoms with Gasteiger partial charge in [-0.15, -0.1) is 0 Å². The van der Waals surface area contributed by atoms with E-state index in [-0.39, 0.29) is 16.5 Å². The third-order valence-electron chi connectivity index (χ3n) is 3.37. The van der Waals surface area contributed by atoms with Crippen LogP contribution in [0.2, 0.25) is 0 Å². The minimum Gasteiger partial charge on any atom is -0.370 e. The van der Waals surface area contributed by atoms with Crippen molar-refractivity contribution in [3.63, 3.8) is 0 Å². The Balaban J connectivity index is 2.05. The normalized spacial score (nSPS) is 17.7. The molecule has 0 saturated heterocycles. The number of thioether (sulfide) groups is 1. The van der Waals surface area contributed by atoms with Crippen LogP contribution in [0.4, 0.5) is 4.39 Å². The van der Waals surface area contributed by atoms with E-state index in [9.17, 15) is 9.18 Å². The van der Waals surface area contributed by atoms with E-state index in [2.05, 4.69) is 5.32 Å². The lowest BCUT2D eigenvalue weighted by molar-refractivity contribution is 0.104. The average Bonchev–Trinajstić information content (AvgIpc) is 2.48. The second-order valence-corrected chi connectivity index (χ2v) is 7.33. The third-order valence-corrected chi connectivity index (χ3v) is 4.55. The summed E-state index contributed by atoms with van der Waals surface area (Å²) in [7, 11) is 0. The predicted molar refractivity (Wildman–Crippen MR) is 88.2 cm³/mol. The van der Waals surface area contributed by atoms with E-state index < -0.39 is 0 Å². The van der Waals surface area contributed by atoms with Crippen LogP contribution in [0.3, 0.4) is 0 Å². The minimum absolute atomic E-state index is 0.0963. The standard InChI is InChI=1S/C18H16FNOS/c1-18(2)20-15(11-16(21)12-6-4-3-5-7-12)14-10-13(19)8-9-17(14)22-18/h3-11,20H,1-2H3/b15-11-. The molecule has 22 heavy (non-hydrogen) atoms. The van der Waals surface area contributed by atoms with E-state index in [4.69, 9.17) is 0 Å². The maximum absolute atomic E-state index is 13.6. The average molecular weight is 313 g/mol. The van der Waals surface area contributed by atoms with Gasteiger partial charge in [-0.05, 0) is 32.0 Å². The molecule has 2 aromatic rings. The van der Waals surface area contributed by atoms with Gasteiger partial charge in [0.2, 0.25) is 0 Å². The van der Waals surface area contributed by atoms with Crippen molar-refractivity contribution >= 4 is 23.2 Å². The van der Waals surface area contributed by atoms with Crippen LogP contribution in [-0.2, 0) is 0 Å². The van der Waals surface area contributed by atoms with Crippen LogP contribution >= 0.6 is 11.8 Å². The highest BCUT2D eigenvalue weighted by atomic mass is 32.2. The number of carbonyl (C=O) groups is 1. The number of rotatable bonds is 2. The van der Waals surface area contributed by atoms with E-state index in [1.54, 1.807) is 36.0 Å². The van der Waals surface area contributed by atoms with Crippen LogP contribution in [0.15, 0.2) is 59.5 Å². The second-order valence-electron chi connectivity index (χ2n) is 5.67. The van der Waals surface area contributed by atoms with Crippen molar-refractivity contribution in [1.29, 1.82) is 0 Å². The van der Waals surface area contributed by atoms with Crippen molar-refractivity contribution in [3.05, 3.63) is 71.6 Å². The zero-order valence-corrected chi connectivity index (χ0v) is 13.2. The highest BCUT2D eigenvalue weighted by Crippen LogP contribution is 2.41. The van der Waals surface area contributed by atoms with Crippen LogP contribution in [0, 0.1) is 5.82 Å². The van der Waals surface area contributed by atoms with Crippen molar-refractivity contribution < 1.29 is 9.18 Å². The number of nitrogens with one attached hydrogen (secondary N) is 1. The number of benzene rings is 2. The highest BCUT2D eigenvalue weighted by molar-refractivity contribution is 8.00. The number of ketones is 1. The first-order valence-electron chi connectivity index (χ1n) is 7.03. The van der Waals surface area contributed by atoms with Crippen LogP contribution < -0.4 is 5.32 Å². The predicted octanol–water partition coefficient (Wildman–Crippen LogP) is 4.48. The van der Waals surface area contributed by atoms with Gasteiger partial charge in [-0.25, -0.2) is 4.39 Å². The summed E-state index contributed by atoms with van der Waals surface area (Å²) < 4.78 is 13.6. The molecule has 4 heteroatoms. The molecule has 1 aliphatic heterocycles. The molecule has 0 atom stereocenters. The number of carbonyl (C=O) groups excluding carboxylic acids is 1. The monoisotopic (exact) mass is 313 g/mol. The molecule has 0 aliphatic carbocycles. The fraction of sp³-hybridized carbons (Fsp3) is 0.167. The van der Waals surface area contributed by atoms with Crippen molar-refractivity contribution in [2.24, 2.45) is 0 Å². The Hall–Kier alpha value is -2.07. The molecule has 0 saturated carbocycles. The summed E-state index contributed by atoms with van der Waals surface area (Å²) in [4.78, 5) is 13.1. The summed E-state index contributed by atoms with van der Waals surface area (Å²) in [6.07, 6.45) is 1.55. The lowest BCUT2D eigenvalue weighted by Crippen LogP contribution is -2.37. The molecule has 0 aromatic heterocycles. The van der Waals surface area contributed by atoms with E-state index in [1.165, 1.54) is 12.1 Å². The Labute approximate surface area is 133 Å². The molecule has 0 unspecified atom stereocenters. The summed E-state index contributed by atoms with van der Waals surface area (Å²) in [5.41, 5.74) is 2.01. The van der Waals surface area contributed by atoms with Gasteiger partial charge in [0, 0.05) is 27.8 Å². The first kappa shape index (κ1) is 14.9. The SMILES string of the molecule is CC1(C)N/C(=C\C(=O)c2ccccc2)c2cc(F)ccc2S1. The molecule has 0 radical (unpaired) electrons. The Morgan fingerprint density at radius 2 is 1.91 bits per heavy atom. The fourth-order valence-electron chi connectivity index (χ4n) is 2.42. The largest absolute Gasteiger partial charge is 0.370 e. The zero-order valence-electron chi connectivity index (χ0n) is 12.4. The summed E-state index contributed by atoms with van der Waals surface area (Å²) >= 11 is 1.62. The van der Waals surface area contributed by atoms with E-state index in [0.717, 1.165) is 10.5 Å². The topological polar surface area (TPSA) is 29.1 Å². The van der Waals surface area contributed by atoms with Gasteiger partial charge in [0.25, 0.3) is 0 Å². The quantitative estimate of drug-likeness (QED) is 0.654. The van der Waals surface area contributed by atoms with Gasteiger partial charge in [-0.1, -0.05) is 42.1 Å². The molecule has 1 N–H and O–H groups in total. The van der Waals surface area contributed by atoms with Crippen molar-refractivity contribution in [3.8, 4) is 0 Å². The molecular formula is C18H16FNOS. The summed E-state index contributed by atoms with van der Waals surface area (Å²) in [6.45, 7) is 4.07. The van der Waals surface area contributed by atoms with Gasteiger partial charge < -0.3 is 5.32 Å². The molecule has 3 rings (SSSR count). The molecule has 1 aliphatic rings. The molecule has 112 valence electrons. The molecule has 0 spiro atoms. The smallest absolute Gasteiger partial charge is 0.187 e. The van der Waals surface area contributed by atoms with Gasteiger partial charge in [-0.2, -0.15) is 0 Å². The summed E-state index contributed by atoms with van der Waals surface area (Å²) in [6, 6.07) is 13.7. The number of halogens is 1. The lowest BCUT2D eigenvalue weighted by Gasteiger charge is -2.34. The highest BCUT2D eigenvalue weighted by Gasteiger charge is 2.29. The number of hydrogen-bond acceptors (Lipinski definition) is 3. The van der Waals surface area contributed by atoms with Gasteiger partial charge >= 0.3 is 0 Å². The van der Waals surface area contributed by atoms with Crippen molar-refractivity contribution in [2.45, 2.75) is 23.6 Å². The van der Waals surface area contributed by atoms with Crippen molar-refractivity contribution in [2.75, 3.05) is 0 Å². The van der Waals surface area contributed by atoms with Crippen LogP contribution in [-0.4, -0.2) is 10.7 Å². The first-order valence-corrected chi connectivity index (χ1v) is 7.84. The third kappa shape index (κ3) is 3.07. The molecule has 0 fully saturated rings. The summed E-state index contributed by atoms with van der Waals surface area (Å²) in [5, 5.41) is 3.31. The van der Waals surface area contributed by atoms with E-state index in [1.807, 2.05) is 32.0 Å². The molecule has 2 nitrogen and oxygen atoms in total. The van der Waals surface area contributed by atoms with E-state index in [0.29, 0.717) is 11.3 Å². The molecule has 0 bridgehead atoms. The van der Waals surface area contributed by atoms with Gasteiger partial charge in [0.05, 0.1) is 4.87 Å². The fourth-order valence-corrected chi connectivity index (χ4v) is 3.55. The molecule has 2 aromatic carbocycles. The Morgan fingerprint density at radius 1 is 1.18 bits per heavy atom. The number of hydrogen-bond donors (Lipinski definition) is 1. The van der Waals surface area contributed by atoms with Gasteiger partial charge in [0.15, 0.2) is 5.78 Å². The second kappa shape index (κ2) is 5.61. The van der Waals surface area contributed by atoms with Crippen molar-refractivity contribution in [1.82, 2.24) is 5.32 Å². The van der Waals surface area contributed by atoms with Crippen LogP contribution in [0.5, 0.6) is 0 Å². The molecule has 1 heterocycles. The van der Waals surface area contributed by atoms with Crippen LogP contribution in [0.1, 0.15) is 29.8 Å². The number of fused-ring (bicyclic) bond motifs is 1. The Morgan fingerprint density at radius 3 is 2.64 bits per heavy atom. The maximum Gasteiger partial charge on any atom is 0.187 e. The molecule has 0 amide bonds. The number of allylic oxidation sites excluding steroid dienone is 1. The zero-order chi connectivity index (χ0) is 15.7.